The number of thiophene rings is 2. The molecule has 4 rings (SSSR count). The van der Waals surface area contributed by atoms with Crippen molar-refractivity contribution in [3.63, 3.8) is 0 Å². The number of nitrogens with zero attached hydrogens (tertiary/aromatic N) is 5. The molecule has 1 aliphatic heterocycles. The van der Waals surface area contributed by atoms with Crippen LogP contribution in [-0.4, -0.2) is 32.3 Å². The molecule has 0 saturated carbocycles. The van der Waals surface area contributed by atoms with Crippen LogP contribution in [-0.2, 0) is 4.79 Å². The Morgan fingerprint density at radius 2 is 2.18 bits per heavy atom. The third-order valence-corrected chi connectivity index (χ3v) is 6.82. The van der Waals surface area contributed by atoms with Gasteiger partial charge in [0.05, 0.1) is 28.6 Å². The van der Waals surface area contributed by atoms with E-state index in [9.17, 15) is 4.79 Å². The molecule has 0 saturated heterocycles. The quantitative estimate of drug-likeness (QED) is 0.494. The number of hydrogen-bond acceptors (Lipinski definition) is 9. The van der Waals surface area contributed by atoms with Crippen LogP contribution in [0.4, 0.5) is 5.82 Å². The highest BCUT2D eigenvalue weighted by molar-refractivity contribution is 7.99. The highest BCUT2D eigenvalue weighted by atomic mass is 32.2. The van der Waals surface area contributed by atoms with E-state index >= 15 is 0 Å². The molecule has 3 aromatic rings. The summed E-state index contributed by atoms with van der Waals surface area (Å²) in [5, 5.41) is 19.5. The van der Waals surface area contributed by atoms with Crippen molar-refractivity contribution in [2.75, 3.05) is 11.5 Å². The molecule has 4 heterocycles. The minimum absolute atomic E-state index is 0.0999. The van der Waals surface area contributed by atoms with Gasteiger partial charge in [0.25, 0.3) is 5.91 Å². The maximum absolute atomic E-state index is 12.9. The van der Waals surface area contributed by atoms with E-state index in [1.54, 1.807) is 27.7 Å². The van der Waals surface area contributed by atoms with Crippen molar-refractivity contribution in [1.29, 1.82) is 5.26 Å². The molecule has 7 nitrogen and oxygen atoms in total. The molecule has 0 radical (unpaired) electrons. The Labute approximate surface area is 173 Å². The Morgan fingerprint density at radius 1 is 1.36 bits per heavy atom. The minimum atomic E-state index is -0.124. The van der Waals surface area contributed by atoms with Gasteiger partial charge in [0.1, 0.15) is 17.5 Å². The van der Waals surface area contributed by atoms with Crippen LogP contribution in [0.3, 0.4) is 0 Å². The van der Waals surface area contributed by atoms with Crippen molar-refractivity contribution >= 4 is 51.9 Å². The number of carbonyl (C=O) groups is 1. The molecule has 0 aliphatic carbocycles. The van der Waals surface area contributed by atoms with Gasteiger partial charge in [-0.1, -0.05) is 23.9 Å². The first kappa shape index (κ1) is 18.6. The predicted octanol–water partition coefficient (Wildman–Crippen LogP) is 3.52. The van der Waals surface area contributed by atoms with Crippen LogP contribution in [0.2, 0.25) is 0 Å². The molecule has 1 amide bonds. The zero-order valence-electron chi connectivity index (χ0n) is 14.5. The second kappa shape index (κ2) is 8.10. The van der Waals surface area contributed by atoms with Gasteiger partial charge in [-0.2, -0.15) is 10.4 Å². The zero-order chi connectivity index (χ0) is 19.5. The molecule has 140 valence electrons. The van der Waals surface area contributed by atoms with Gasteiger partial charge in [-0.05, 0) is 22.9 Å². The number of nitrogens with two attached hydrogens (primary N) is 1. The minimum Gasteiger partial charge on any atom is -0.382 e. The molecule has 0 bridgehead atoms. The molecule has 0 unspecified atom stereocenters. The Balaban J connectivity index is 1.52. The predicted molar refractivity (Wildman–Crippen MR) is 111 cm³/mol. The summed E-state index contributed by atoms with van der Waals surface area (Å²) < 4.78 is 0. The van der Waals surface area contributed by atoms with Gasteiger partial charge in [-0.15, -0.1) is 22.7 Å². The largest absolute Gasteiger partial charge is 0.382 e. The second-order valence-corrected chi connectivity index (χ2v) is 8.72. The van der Waals surface area contributed by atoms with Crippen LogP contribution in [0.5, 0.6) is 0 Å². The van der Waals surface area contributed by atoms with Crippen molar-refractivity contribution in [1.82, 2.24) is 15.0 Å². The standard InChI is InChI=1S/C18H14N6OS3/c19-8-11-9-21-18(22-17(11)20)28-10-16(25)24-13(15-4-2-6-27-15)7-12(23-24)14-3-1-5-26-14/h1-6,9,13H,7,10H2,(H2,20,21,22)/t13-/m0/s1. The number of hydrazone groups is 1. The Bertz CT molecular complexity index is 1060. The van der Waals surface area contributed by atoms with Crippen LogP contribution < -0.4 is 5.73 Å². The first-order valence-electron chi connectivity index (χ1n) is 8.28. The molecule has 3 aromatic heterocycles. The first-order chi connectivity index (χ1) is 13.7. The van der Waals surface area contributed by atoms with Crippen molar-refractivity contribution < 1.29 is 4.79 Å². The number of anilines is 1. The van der Waals surface area contributed by atoms with Crippen LogP contribution >= 0.6 is 34.4 Å². The monoisotopic (exact) mass is 426 g/mol. The van der Waals surface area contributed by atoms with Crippen LogP contribution in [0.15, 0.2) is 51.5 Å². The first-order valence-corrected chi connectivity index (χ1v) is 11.0. The van der Waals surface area contributed by atoms with E-state index in [0.29, 0.717) is 11.6 Å². The van der Waals surface area contributed by atoms with Gasteiger partial charge in [0.15, 0.2) is 5.16 Å². The number of thioether (sulfide) groups is 1. The van der Waals surface area contributed by atoms with E-state index in [4.69, 9.17) is 11.0 Å². The highest BCUT2D eigenvalue weighted by Gasteiger charge is 2.34. The van der Waals surface area contributed by atoms with Crippen LogP contribution in [0.1, 0.15) is 27.8 Å². The van der Waals surface area contributed by atoms with E-state index in [1.807, 2.05) is 41.1 Å². The van der Waals surface area contributed by atoms with E-state index in [2.05, 4.69) is 15.1 Å². The number of amides is 1. The SMILES string of the molecule is N#Cc1cnc(SCC(=O)N2N=C(c3cccs3)C[C@H]2c2cccs2)nc1N. The lowest BCUT2D eigenvalue weighted by Gasteiger charge is -2.20. The lowest BCUT2D eigenvalue weighted by atomic mass is 10.1. The van der Waals surface area contributed by atoms with E-state index < -0.39 is 0 Å². The fourth-order valence-corrected chi connectivity index (χ4v) is 4.97. The molecule has 10 heteroatoms. The van der Waals surface area contributed by atoms with Gasteiger partial charge in [0.2, 0.25) is 0 Å². The average molecular weight is 427 g/mol. The maximum Gasteiger partial charge on any atom is 0.253 e. The summed E-state index contributed by atoms with van der Waals surface area (Å²) in [6.07, 6.45) is 2.06. The maximum atomic E-state index is 12.9. The number of aromatic nitrogens is 2. The van der Waals surface area contributed by atoms with Crippen molar-refractivity contribution in [3.8, 4) is 6.07 Å². The third kappa shape index (κ3) is 3.77. The summed E-state index contributed by atoms with van der Waals surface area (Å²) in [5.41, 5.74) is 6.86. The van der Waals surface area contributed by atoms with Crippen molar-refractivity contribution in [2.45, 2.75) is 17.6 Å². The van der Waals surface area contributed by atoms with Gasteiger partial charge in [-0.25, -0.2) is 15.0 Å². The molecular weight excluding hydrogens is 412 g/mol. The Kier molecular flexibility index (Phi) is 5.38. The van der Waals surface area contributed by atoms with Gasteiger partial charge in [0, 0.05) is 11.3 Å². The average Bonchev–Trinajstić information content (AvgIpc) is 3.46. The highest BCUT2D eigenvalue weighted by Crippen LogP contribution is 2.36. The smallest absolute Gasteiger partial charge is 0.253 e. The van der Waals surface area contributed by atoms with Gasteiger partial charge < -0.3 is 5.73 Å². The van der Waals surface area contributed by atoms with E-state index in [-0.39, 0.29) is 29.1 Å². The van der Waals surface area contributed by atoms with Gasteiger partial charge in [-0.3, -0.25) is 4.79 Å². The second-order valence-electron chi connectivity index (χ2n) is 5.85. The van der Waals surface area contributed by atoms with Crippen molar-refractivity contribution in [3.05, 3.63) is 56.5 Å². The van der Waals surface area contributed by atoms with Crippen LogP contribution in [0.25, 0.3) is 0 Å². The summed E-state index contributed by atoms with van der Waals surface area (Å²) in [7, 11) is 0. The summed E-state index contributed by atoms with van der Waals surface area (Å²) in [6, 6.07) is 9.83. The molecule has 28 heavy (non-hydrogen) atoms. The van der Waals surface area contributed by atoms with E-state index in [0.717, 1.165) is 15.5 Å². The fourth-order valence-electron chi connectivity index (χ4n) is 2.76. The summed E-state index contributed by atoms with van der Waals surface area (Å²) in [5.74, 6) is 0.124. The fraction of sp³-hybridized carbons (Fsp3) is 0.167. The summed E-state index contributed by atoms with van der Waals surface area (Å²) in [4.78, 5) is 23.2. The normalized spacial score (nSPS) is 16.0. The molecule has 0 spiro atoms. The Hall–Kier alpha value is -2.74. The topological polar surface area (TPSA) is 108 Å². The number of rotatable bonds is 5. The number of carbonyl (C=O) groups excluding carboxylic acids is 1. The van der Waals surface area contributed by atoms with E-state index in [1.165, 1.54) is 18.0 Å². The summed E-state index contributed by atoms with van der Waals surface area (Å²) >= 11 is 4.42. The number of hydrogen-bond donors (Lipinski definition) is 1. The molecule has 0 aromatic carbocycles. The molecule has 0 fully saturated rings. The lowest BCUT2D eigenvalue weighted by Crippen LogP contribution is -2.28. The lowest BCUT2D eigenvalue weighted by molar-refractivity contribution is -0.130. The number of nitrogen functional groups attached to an aromatic ring is 1. The molecule has 2 N–H and O–H groups in total. The number of nitriles is 1. The third-order valence-electron chi connectivity index (χ3n) is 4.08. The van der Waals surface area contributed by atoms with Gasteiger partial charge >= 0.3 is 0 Å². The Morgan fingerprint density at radius 3 is 2.86 bits per heavy atom. The molecule has 1 atom stereocenters. The summed E-state index contributed by atoms with van der Waals surface area (Å²) in [6.45, 7) is 0. The zero-order valence-corrected chi connectivity index (χ0v) is 16.9. The molecule has 1 aliphatic rings. The van der Waals surface area contributed by atoms with Crippen molar-refractivity contribution in [2.24, 2.45) is 5.10 Å². The molecular formula is C18H14N6OS3. The van der Waals surface area contributed by atoms with Crippen LogP contribution in [0, 0.1) is 11.3 Å².